The number of imidazole rings is 1. The molecule has 0 N–H and O–H groups in total. The summed E-state index contributed by atoms with van der Waals surface area (Å²) in [6, 6.07) is 0. The largest absolute Gasteiger partial charge is 0.321 e. The summed E-state index contributed by atoms with van der Waals surface area (Å²) < 4.78 is 5.11. The van der Waals surface area contributed by atoms with Crippen molar-refractivity contribution in [2.45, 2.75) is 19.9 Å². The number of aromatic nitrogens is 6. The van der Waals surface area contributed by atoms with Crippen LogP contribution in [0.15, 0.2) is 23.5 Å². The molecule has 0 atom stereocenters. The Hall–Kier alpha value is -2.44. The van der Waals surface area contributed by atoms with Crippen molar-refractivity contribution in [2.75, 3.05) is 0 Å². The lowest BCUT2D eigenvalue weighted by Crippen LogP contribution is -2.21. The molecule has 7 heteroatoms. The molecule has 7 nitrogen and oxygen atoms in total. The minimum atomic E-state index is -0.0537. The minimum absolute atomic E-state index is 0.0537. The van der Waals surface area contributed by atoms with Gasteiger partial charge in [-0.1, -0.05) is 6.92 Å². The zero-order chi connectivity index (χ0) is 14.3. The standard InChI is InChI=1S/C13H16N6O/c1-4-5-19-8-14-11-10(13(19)20)18(3)12(16-11)9-6-15-17(2)7-9/h6-8H,4-5H2,1-3H3. The van der Waals surface area contributed by atoms with Crippen molar-refractivity contribution in [3.05, 3.63) is 29.1 Å². The molecule has 0 unspecified atom stereocenters. The van der Waals surface area contributed by atoms with Crippen molar-refractivity contribution < 1.29 is 0 Å². The summed E-state index contributed by atoms with van der Waals surface area (Å²) >= 11 is 0. The molecule has 0 aliphatic rings. The van der Waals surface area contributed by atoms with Crippen LogP contribution in [0.3, 0.4) is 0 Å². The summed E-state index contributed by atoms with van der Waals surface area (Å²) in [4.78, 5) is 21.2. The van der Waals surface area contributed by atoms with Crippen LogP contribution < -0.4 is 5.56 Å². The lowest BCUT2D eigenvalue weighted by molar-refractivity contribution is 0.645. The van der Waals surface area contributed by atoms with Crippen LogP contribution in [0.5, 0.6) is 0 Å². The van der Waals surface area contributed by atoms with Crippen molar-refractivity contribution in [3.63, 3.8) is 0 Å². The Bertz CT molecular complexity index is 825. The van der Waals surface area contributed by atoms with Gasteiger partial charge in [-0.25, -0.2) is 9.97 Å². The normalized spacial score (nSPS) is 11.3. The van der Waals surface area contributed by atoms with Gasteiger partial charge in [0.1, 0.15) is 12.2 Å². The Morgan fingerprint density at radius 3 is 2.75 bits per heavy atom. The number of hydrogen-bond donors (Lipinski definition) is 0. The number of fused-ring (bicyclic) bond motifs is 1. The summed E-state index contributed by atoms with van der Waals surface area (Å²) in [5.41, 5.74) is 1.82. The molecule has 20 heavy (non-hydrogen) atoms. The van der Waals surface area contributed by atoms with E-state index in [0.29, 0.717) is 23.5 Å². The first kappa shape index (κ1) is 12.6. The molecular formula is C13H16N6O. The van der Waals surface area contributed by atoms with Gasteiger partial charge in [-0.05, 0) is 6.42 Å². The molecule has 3 aromatic rings. The smallest absolute Gasteiger partial charge is 0.279 e. The van der Waals surface area contributed by atoms with Crippen LogP contribution >= 0.6 is 0 Å². The average molecular weight is 272 g/mol. The van der Waals surface area contributed by atoms with Crippen LogP contribution in [-0.2, 0) is 20.6 Å². The van der Waals surface area contributed by atoms with Crippen molar-refractivity contribution in [1.82, 2.24) is 28.9 Å². The summed E-state index contributed by atoms with van der Waals surface area (Å²) in [5.74, 6) is 0.701. The molecule has 3 heterocycles. The average Bonchev–Trinajstić information content (AvgIpc) is 2.98. The van der Waals surface area contributed by atoms with Gasteiger partial charge >= 0.3 is 0 Å². The Kier molecular flexibility index (Phi) is 2.89. The monoisotopic (exact) mass is 272 g/mol. The molecule has 104 valence electrons. The number of rotatable bonds is 3. The zero-order valence-corrected chi connectivity index (χ0v) is 11.7. The predicted molar refractivity (Wildman–Crippen MR) is 75.3 cm³/mol. The zero-order valence-electron chi connectivity index (χ0n) is 11.7. The number of aryl methyl sites for hydroxylation is 3. The minimum Gasteiger partial charge on any atom is -0.321 e. The van der Waals surface area contributed by atoms with Gasteiger partial charge in [0.2, 0.25) is 0 Å². The van der Waals surface area contributed by atoms with Gasteiger partial charge in [0.25, 0.3) is 5.56 Å². The quantitative estimate of drug-likeness (QED) is 0.711. The highest BCUT2D eigenvalue weighted by molar-refractivity contribution is 5.75. The van der Waals surface area contributed by atoms with E-state index < -0.39 is 0 Å². The Morgan fingerprint density at radius 2 is 2.10 bits per heavy atom. The van der Waals surface area contributed by atoms with Crippen LogP contribution in [0.4, 0.5) is 0 Å². The van der Waals surface area contributed by atoms with Crippen LogP contribution in [-0.4, -0.2) is 28.9 Å². The van der Waals surface area contributed by atoms with E-state index in [1.807, 2.05) is 27.2 Å². The molecule has 0 radical (unpaired) electrons. The molecule has 0 aliphatic heterocycles. The maximum Gasteiger partial charge on any atom is 0.279 e. The fraction of sp³-hybridized carbons (Fsp3) is 0.385. The van der Waals surface area contributed by atoms with Gasteiger partial charge < -0.3 is 4.57 Å². The highest BCUT2D eigenvalue weighted by Gasteiger charge is 2.15. The van der Waals surface area contributed by atoms with Gasteiger partial charge in [-0.2, -0.15) is 5.10 Å². The molecule has 0 bridgehead atoms. The van der Waals surface area contributed by atoms with E-state index in [9.17, 15) is 4.79 Å². The second kappa shape index (κ2) is 4.59. The van der Waals surface area contributed by atoms with Crippen LogP contribution in [0.2, 0.25) is 0 Å². The SMILES string of the molecule is CCCn1cnc2nc(-c3cnn(C)c3)n(C)c2c1=O. The molecule has 0 saturated carbocycles. The second-order valence-corrected chi connectivity index (χ2v) is 4.81. The predicted octanol–water partition coefficient (Wildman–Crippen LogP) is 0.940. The van der Waals surface area contributed by atoms with Crippen LogP contribution in [0, 0.1) is 0 Å². The first-order valence-corrected chi connectivity index (χ1v) is 6.52. The first-order chi connectivity index (χ1) is 9.61. The second-order valence-electron chi connectivity index (χ2n) is 4.81. The highest BCUT2D eigenvalue weighted by atomic mass is 16.1. The molecule has 0 fully saturated rings. The Balaban J connectivity index is 2.25. The molecule has 0 spiro atoms. The van der Waals surface area contributed by atoms with Crippen molar-refractivity contribution in [3.8, 4) is 11.4 Å². The van der Waals surface area contributed by atoms with Crippen LogP contribution in [0.1, 0.15) is 13.3 Å². The van der Waals surface area contributed by atoms with E-state index in [1.165, 1.54) is 0 Å². The fourth-order valence-corrected chi connectivity index (χ4v) is 2.32. The molecule has 3 rings (SSSR count). The van der Waals surface area contributed by atoms with E-state index in [1.54, 1.807) is 26.3 Å². The molecule has 0 aromatic carbocycles. The summed E-state index contributed by atoms with van der Waals surface area (Å²) in [7, 11) is 3.68. The topological polar surface area (TPSA) is 70.5 Å². The van der Waals surface area contributed by atoms with Crippen LogP contribution in [0.25, 0.3) is 22.6 Å². The van der Waals surface area contributed by atoms with E-state index in [2.05, 4.69) is 15.1 Å². The third-order valence-corrected chi connectivity index (χ3v) is 3.29. The van der Waals surface area contributed by atoms with Crippen molar-refractivity contribution in [2.24, 2.45) is 14.1 Å². The Morgan fingerprint density at radius 1 is 1.30 bits per heavy atom. The third-order valence-electron chi connectivity index (χ3n) is 3.29. The summed E-state index contributed by atoms with van der Waals surface area (Å²) in [5, 5.41) is 4.13. The van der Waals surface area contributed by atoms with Gasteiger partial charge in [0.05, 0.1) is 11.8 Å². The molecule has 0 saturated heterocycles. The number of hydrogen-bond acceptors (Lipinski definition) is 4. The van der Waals surface area contributed by atoms with E-state index in [4.69, 9.17) is 0 Å². The molecule has 3 aromatic heterocycles. The first-order valence-electron chi connectivity index (χ1n) is 6.52. The van der Waals surface area contributed by atoms with Gasteiger partial charge in [-0.3, -0.25) is 14.0 Å². The fourth-order valence-electron chi connectivity index (χ4n) is 2.32. The van der Waals surface area contributed by atoms with Crippen molar-refractivity contribution in [1.29, 1.82) is 0 Å². The highest BCUT2D eigenvalue weighted by Crippen LogP contribution is 2.19. The molecule has 0 amide bonds. The summed E-state index contributed by atoms with van der Waals surface area (Å²) in [6.07, 6.45) is 6.05. The molecule has 0 aliphatic carbocycles. The van der Waals surface area contributed by atoms with Gasteiger partial charge in [-0.15, -0.1) is 0 Å². The number of nitrogens with zero attached hydrogens (tertiary/aromatic N) is 6. The lowest BCUT2D eigenvalue weighted by atomic mass is 10.3. The van der Waals surface area contributed by atoms with Gasteiger partial charge in [0, 0.05) is 26.8 Å². The summed E-state index contributed by atoms with van der Waals surface area (Å²) in [6.45, 7) is 2.69. The van der Waals surface area contributed by atoms with Crippen molar-refractivity contribution >= 4 is 11.2 Å². The van der Waals surface area contributed by atoms with Gasteiger partial charge in [0.15, 0.2) is 11.2 Å². The third kappa shape index (κ3) is 1.82. The Labute approximate surface area is 115 Å². The van der Waals surface area contributed by atoms with E-state index in [-0.39, 0.29) is 5.56 Å². The lowest BCUT2D eigenvalue weighted by Gasteiger charge is -2.03. The molecular weight excluding hydrogens is 256 g/mol. The maximum absolute atomic E-state index is 12.4. The van der Waals surface area contributed by atoms with E-state index >= 15 is 0 Å². The maximum atomic E-state index is 12.4. The van der Waals surface area contributed by atoms with E-state index in [0.717, 1.165) is 12.0 Å².